The van der Waals surface area contributed by atoms with Gasteiger partial charge in [-0.25, -0.2) is 4.79 Å². The van der Waals surface area contributed by atoms with Crippen LogP contribution in [0, 0.1) is 0 Å². The summed E-state index contributed by atoms with van der Waals surface area (Å²) in [5, 5.41) is 15.3. The van der Waals surface area contributed by atoms with E-state index in [1.807, 2.05) is 13.2 Å². The maximum atomic E-state index is 11.7. The first-order chi connectivity index (χ1) is 9.46. The molecule has 112 valence electrons. The fraction of sp³-hybridized carbons (Fsp3) is 0.500. The Balaban J connectivity index is 2.42. The lowest BCUT2D eigenvalue weighted by Crippen LogP contribution is -2.43. The van der Waals surface area contributed by atoms with Crippen LogP contribution in [0.15, 0.2) is 24.3 Å². The summed E-state index contributed by atoms with van der Waals surface area (Å²) >= 11 is 1.53. The largest absolute Gasteiger partial charge is 0.494 e. The van der Waals surface area contributed by atoms with E-state index >= 15 is 0 Å². The summed E-state index contributed by atoms with van der Waals surface area (Å²) in [7, 11) is 0. The molecule has 1 rings (SSSR count). The van der Waals surface area contributed by atoms with Crippen LogP contribution in [0.1, 0.15) is 13.8 Å². The van der Waals surface area contributed by atoms with Crippen LogP contribution in [-0.2, 0) is 0 Å². The van der Waals surface area contributed by atoms with E-state index < -0.39 is 5.60 Å². The molecule has 0 aromatic heterocycles. The van der Waals surface area contributed by atoms with Gasteiger partial charge in [-0.15, -0.1) is 0 Å². The van der Waals surface area contributed by atoms with Crippen LogP contribution in [0.3, 0.4) is 0 Å². The number of hydrogen-bond donors (Lipinski definition) is 3. The van der Waals surface area contributed by atoms with E-state index in [0.29, 0.717) is 18.0 Å². The number of benzene rings is 1. The van der Waals surface area contributed by atoms with Gasteiger partial charge in [0.25, 0.3) is 0 Å². The molecule has 0 fully saturated rings. The van der Waals surface area contributed by atoms with Gasteiger partial charge in [0.2, 0.25) is 0 Å². The number of anilines is 1. The quantitative estimate of drug-likeness (QED) is 0.722. The molecule has 2 amide bonds. The minimum Gasteiger partial charge on any atom is -0.494 e. The molecule has 0 saturated heterocycles. The van der Waals surface area contributed by atoms with Crippen molar-refractivity contribution in [2.45, 2.75) is 19.4 Å². The number of urea groups is 1. The monoisotopic (exact) mass is 298 g/mol. The van der Waals surface area contributed by atoms with Gasteiger partial charge >= 0.3 is 6.03 Å². The van der Waals surface area contributed by atoms with Crippen LogP contribution in [0.25, 0.3) is 0 Å². The Labute approximate surface area is 124 Å². The predicted molar refractivity (Wildman–Crippen MR) is 83.6 cm³/mol. The Bertz CT molecular complexity index is 421. The maximum absolute atomic E-state index is 11.7. The normalized spacial score (nSPS) is 13.4. The zero-order valence-corrected chi connectivity index (χ0v) is 12.9. The van der Waals surface area contributed by atoms with E-state index in [1.165, 1.54) is 11.8 Å². The Morgan fingerprint density at radius 3 is 2.60 bits per heavy atom. The zero-order chi connectivity index (χ0) is 15.0. The lowest BCUT2D eigenvalue weighted by Gasteiger charge is -2.22. The van der Waals surface area contributed by atoms with Crippen molar-refractivity contribution in [2.24, 2.45) is 0 Å². The smallest absolute Gasteiger partial charge is 0.319 e. The highest BCUT2D eigenvalue weighted by Gasteiger charge is 2.20. The summed E-state index contributed by atoms with van der Waals surface area (Å²) in [5.74, 6) is 1.33. The second-order valence-corrected chi connectivity index (χ2v) is 5.56. The molecule has 1 atom stereocenters. The number of carbonyl (C=O) groups excluding carboxylic acids is 1. The Hall–Kier alpha value is -1.40. The third-order valence-electron chi connectivity index (χ3n) is 2.51. The average Bonchev–Trinajstić information content (AvgIpc) is 2.39. The van der Waals surface area contributed by atoms with Gasteiger partial charge in [0.05, 0.1) is 12.2 Å². The lowest BCUT2D eigenvalue weighted by atomic mass is 10.1. The second kappa shape index (κ2) is 8.01. The second-order valence-electron chi connectivity index (χ2n) is 4.70. The third kappa shape index (κ3) is 6.16. The molecular weight excluding hydrogens is 276 g/mol. The molecule has 3 N–H and O–H groups in total. The number of hydrogen-bond acceptors (Lipinski definition) is 4. The topological polar surface area (TPSA) is 70.6 Å². The predicted octanol–water partition coefficient (Wildman–Crippen LogP) is 2.32. The summed E-state index contributed by atoms with van der Waals surface area (Å²) < 4.78 is 5.32. The van der Waals surface area contributed by atoms with Crippen molar-refractivity contribution in [1.82, 2.24) is 5.32 Å². The first-order valence-corrected chi connectivity index (χ1v) is 7.85. The van der Waals surface area contributed by atoms with Gasteiger partial charge in [-0.05, 0) is 44.4 Å². The van der Waals surface area contributed by atoms with Crippen molar-refractivity contribution >= 4 is 23.5 Å². The molecule has 0 aliphatic heterocycles. The number of thioether (sulfide) groups is 1. The summed E-state index contributed by atoms with van der Waals surface area (Å²) in [6.45, 7) is 4.43. The molecule has 0 aliphatic carbocycles. The van der Waals surface area contributed by atoms with Crippen molar-refractivity contribution in [1.29, 1.82) is 0 Å². The highest BCUT2D eigenvalue weighted by Crippen LogP contribution is 2.15. The zero-order valence-electron chi connectivity index (χ0n) is 12.1. The van der Waals surface area contributed by atoms with Crippen molar-refractivity contribution in [3.8, 4) is 5.75 Å². The molecule has 5 nitrogen and oxygen atoms in total. The number of carbonyl (C=O) groups is 1. The van der Waals surface area contributed by atoms with Gasteiger partial charge in [-0.3, -0.25) is 0 Å². The SMILES string of the molecule is CCOc1ccc(NC(=O)NC[C@@](C)(O)CSC)cc1. The van der Waals surface area contributed by atoms with Crippen LogP contribution < -0.4 is 15.4 Å². The highest BCUT2D eigenvalue weighted by molar-refractivity contribution is 7.98. The molecule has 0 heterocycles. The number of nitrogens with one attached hydrogen (secondary N) is 2. The Morgan fingerprint density at radius 2 is 2.05 bits per heavy atom. The molecule has 1 aromatic carbocycles. The highest BCUT2D eigenvalue weighted by atomic mass is 32.2. The van der Waals surface area contributed by atoms with Crippen LogP contribution in [0.5, 0.6) is 5.75 Å². The van der Waals surface area contributed by atoms with Crippen molar-refractivity contribution < 1.29 is 14.6 Å². The molecule has 20 heavy (non-hydrogen) atoms. The molecule has 0 saturated carbocycles. The van der Waals surface area contributed by atoms with Gasteiger partial charge in [-0.1, -0.05) is 0 Å². The first-order valence-electron chi connectivity index (χ1n) is 6.46. The first kappa shape index (κ1) is 16.7. The van der Waals surface area contributed by atoms with E-state index in [1.54, 1.807) is 31.2 Å². The minimum atomic E-state index is -0.907. The molecule has 0 radical (unpaired) electrons. The minimum absolute atomic E-state index is 0.205. The number of ether oxygens (including phenoxy) is 1. The van der Waals surface area contributed by atoms with Gasteiger partial charge in [0.1, 0.15) is 5.75 Å². The van der Waals surface area contributed by atoms with Gasteiger partial charge in [0, 0.05) is 18.0 Å². The standard InChI is InChI=1S/C14H22N2O3S/c1-4-19-12-7-5-11(6-8-12)16-13(17)15-9-14(2,18)10-20-3/h5-8,18H,4,9-10H2,1-3H3,(H2,15,16,17)/t14-/m1/s1. The molecule has 0 spiro atoms. The molecule has 1 aromatic rings. The van der Waals surface area contributed by atoms with Crippen molar-refractivity contribution in [2.75, 3.05) is 30.5 Å². The maximum Gasteiger partial charge on any atom is 0.319 e. The molecular formula is C14H22N2O3S. The molecule has 0 unspecified atom stereocenters. The van der Waals surface area contributed by atoms with Crippen LogP contribution in [0.2, 0.25) is 0 Å². The third-order valence-corrected chi connectivity index (χ3v) is 3.42. The van der Waals surface area contributed by atoms with Gasteiger partial charge in [-0.2, -0.15) is 11.8 Å². The van der Waals surface area contributed by atoms with E-state index in [9.17, 15) is 9.90 Å². The van der Waals surface area contributed by atoms with E-state index in [2.05, 4.69) is 10.6 Å². The Morgan fingerprint density at radius 1 is 1.40 bits per heavy atom. The van der Waals surface area contributed by atoms with Crippen LogP contribution in [-0.4, -0.2) is 41.9 Å². The fourth-order valence-electron chi connectivity index (χ4n) is 1.61. The Kier molecular flexibility index (Phi) is 6.67. The van der Waals surface area contributed by atoms with Crippen molar-refractivity contribution in [3.05, 3.63) is 24.3 Å². The fourth-order valence-corrected chi connectivity index (χ4v) is 2.33. The van der Waals surface area contributed by atoms with Gasteiger partial charge in [0.15, 0.2) is 0 Å². The summed E-state index contributed by atoms with van der Waals surface area (Å²) in [6, 6.07) is 6.79. The van der Waals surface area contributed by atoms with E-state index in [-0.39, 0.29) is 12.6 Å². The lowest BCUT2D eigenvalue weighted by molar-refractivity contribution is 0.0876. The van der Waals surface area contributed by atoms with Gasteiger partial charge < -0.3 is 20.5 Å². The molecule has 0 bridgehead atoms. The summed E-state index contributed by atoms with van der Waals surface area (Å²) in [4.78, 5) is 11.7. The average molecular weight is 298 g/mol. The summed E-state index contributed by atoms with van der Waals surface area (Å²) in [5.41, 5.74) is -0.231. The molecule has 6 heteroatoms. The molecule has 0 aliphatic rings. The number of aliphatic hydroxyl groups is 1. The van der Waals surface area contributed by atoms with Crippen LogP contribution in [0.4, 0.5) is 10.5 Å². The van der Waals surface area contributed by atoms with E-state index in [0.717, 1.165) is 5.75 Å². The number of amides is 2. The van der Waals surface area contributed by atoms with Crippen molar-refractivity contribution in [3.63, 3.8) is 0 Å². The van der Waals surface area contributed by atoms with Crippen LogP contribution >= 0.6 is 11.8 Å². The number of rotatable bonds is 7. The summed E-state index contributed by atoms with van der Waals surface area (Å²) in [6.07, 6.45) is 1.91. The van der Waals surface area contributed by atoms with E-state index in [4.69, 9.17) is 4.74 Å².